The summed E-state index contributed by atoms with van der Waals surface area (Å²) in [5, 5.41) is 4.24. The third-order valence-electron chi connectivity index (χ3n) is 3.44. The molecule has 19 heavy (non-hydrogen) atoms. The first kappa shape index (κ1) is 12.9. The monoisotopic (exact) mass is 322 g/mol. The molecular weight excluding hydrogens is 307 g/mol. The van der Waals surface area contributed by atoms with Gasteiger partial charge in [-0.2, -0.15) is 0 Å². The standard InChI is InChI=1S/C15H16BrFN2/c1-2-7-18-13-8-12(9-3-4-9)19-15-11(17)6-5-10(16)14(13)15/h5-6,8-9H,2-4,7H2,1H3,(H,18,19). The van der Waals surface area contributed by atoms with Gasteiger partial charge in [-0.3, -0.25) is 0 Å². The molecule has 1 aliphatic carbocycles. The molecule has 1 fully saturated rings. The van der Waals surface area contributed by atoms with Crippen LogP contribution >= 0.6 is 15.9 Å². The van der Waals surface area contributed by atoms with E-state index in [4.69, 9.17) is 0 Å². The Labute approximate surface area is 120 Å². The molecule has 1 saturated carbocycles. The summed E-state index contributed by atoms with van der Waals surface area (Å²) in [6, 6.07) is 5.30. The van der Waals surface area contributed by atoms with E-state index >= 15 is 0 Å². The molecule has 2 aromatic rings. The van der Waals surface area contributed by atoms with Crippen molar-refractivity contribution in [3.05, 3.63) is 34.2 Å². The maximum Gasteiger partial charge on any atom is 0.149 e. The molecule has 0 atom stereocenters. The fourth-order valence-corrected chi connectivity index (χ4v) is 2.81. The minimum absolute atomic E-state index is 0.250. The molecule has 0 radical (unpaired) electrons. The van der Waals surface area contributed by atoms with Crippen molar-refractivity contribution in [1.29, 1.82) is 0 Å². The van der Waals surface area contributed by atoms with Crippen molar-refractivity contribution >= 4 is 32.5 Å². The fraction of sp³-hybridized carbons (Fsp3) is 0.400. The van der Waals surface area contributed by atoms with E-state index in [0.717, 1.165) is 34.2 Å². The molecule has 1 aromatic heterocycles. The first-order valence-electron chi connectivity index (χ1n) is 6.73. The number of benzene rings is 1. The van der Waals surface area contributed by atoms with Crippen molar-refractivity contribution in [3.63, 3.8) is 0 Å². The Balaban J connectivity index is 2.20. The zero-order chi connectivity index (χ0) is 13.4. The van der Waals surface area contributed by atoms with Crippen LogP contribution in [0.3, 0.4) is 0 Å². The predicted molar refractivity (Wildman–Crippen MR) is 80.2 cm³/mol. The third-order valence-corrected chi connectivity index (χ3v) is 4.10. The van der Waals surface area contributed by atoms with Crippen LogP contribution in [0.4, 0.5) is 10.1 Å². The van der Waals surface area contributed by atoms with Gasteiger partial charge in [0.15, 0.2) is 0 Å². The summed E-state index contributed by atoms with van der Waals surface area (Å²) in [6.45, 7) is 3.00. The molecule has 1 heterocycles. The summed E-state index contributed by atoms with van der Waals surface area (Å²) in [5.41, 5.74) is 2.47. The van der Waals surface area contributed by atoms with Crippen LogP contribution in [0.15, 0.2) is 22.7 Å². The Bertz CT molecular complexity index is 623. The van der Waals surface area contributed by atoms with Crippen LogP contribution in [0.2, 0.25) is 0 Å². The van der Waals surface area contributed by atoms with Crippen molar-refractivity contribution in [2.24, 2.45) is 0 Å². The lowest BCUT2D eigenvalue weighted by molar-refractivity contribution is 0.636. The van der Waals surface area contributed by atoms with E-state index in [0.29, 0.717) is 11.4 Å². The smallest absolute Gasteiger partial charge is 0.149 e. The Morgan fingerprint density at radius 3 is 2.89 bits per heavy atom. The second-order valence-corrected chi connectivity index (χ2v) is 5.90. The quantitative estimate of drug-likeness (QED) is 0.871. The Morgan fingerprint density at radius 1 is 1.42 bits per heavy atom. The summed E-state index contributed by atoms with van der Waals surface area (Å²) in [6.07, 6.45) is 3.37. The second kappa shape index (κ2) is 5.08. The number of hydrogen-bond donors (Lipinski definition) is 1. The molecule has 2 nitrogen and oxygen atoms in total. The molecule has 3 rings (SSSR count). The lowest BCUT2D eigenvalue weighted by atomic mass is 10.1. The summed E-state index contributed by atoms with van der Waals surface area (Å²) >= 11 is 3.50. The van der Waals surface area contributed by atoms with Gasteiger partial charge in [-0.1, -0.05) is 22.9 Å². The van der Waals surface area contributed by atoms with Crippen LogP contribution in [0.25, 0.3) is 10.9 Å². The van der Waals surface area contributed by atoms with Gasteiger partial charge in [0.25, 0.3) is 0 Å². The number of nitrogens with zero attached hydrogens (tertiary/aromatic N) is 1. The topological polar surface area (TPSA) is 24.9 Å². The summed E-state index contributed by atoms with van der Waals surface area (Å²) in [5.74, 6) is 0.269. The number of anilines is 1. The van der Waals surface area contributed by atoms with Gasteiger partial charge in [0.2, 0.25) is 0 Å². The lowest BCUT2D eigenvalue weighted by Gasteiger charge is -2.13. The van der Waals surface area contributed by atoms with Crippen LogP contribution in [-0.4, -0.2) is 11.5 Å². The molecule has 1 aliphatic rings. The Morgan fingerprint density at radius 2 is 2.21 bits per heavy atom. The highest BCUT2D eigenvalue weighted by atomic mass is 79.9. The van der Waals surface area contributed by atoms with Crippen LogP contribution in [0.1, 0.15) is 37.8 Å². The van der Waals surface area contributed by atoms with Gasteiger partial charge in [-0.15, -0.1) is 0 Å². The lowest BCUT2D eigenvalue weighted by Crippen LogP contribution is -2.03. The summed E-state index contributed by atoms with van der Waals surface area (Å²) in [7, 11) is 0. The molecule has 0 spiro atoms. The average Bonchev–Trinajstić information content (AvgIpc) is 3.24. The Hall–Kier alpha value is -1.16. The van der Waals surface area contributed by atoms with E-state index in [9.17, 15) is 4.39 Å². The van der Waals surface area contributed by atoms with Crippen molar-refractivity contribution in [3.8, 4) is 0 Å². The average molecular weight is 323 g/mol. The van der Waals surface area contributed by atoms with Crippen molar-refractivity contribution in [2.75, 3.05) is 11.9 Å². The molecule has 100 valence electrons. The fourth-order valence-electron chi connectivity index (χ4n) is 2.28. The minimum Gasteiger partial charge on any atom is -0.384 e. The zero-order valence-electron chi connectivity index (χ0n) is 10.8. The van der Waals surface area contributed by atoms with Gasteiger partial charge in [0, 0.05) is 33.7 Å². The number of pyridine rings is 1. The van der Waals surface area contributed by atoms with Gasteiger partial charge < -0.3 is 5.32 Å². The van der Waals surface area contributed by atoms with E-state index in [2.05, 4.69) is 39.2 Å². The first-order chi connectivity index (χ1) is 9.20. The Kier molecular flexibility index (Phi) is 3.44. The largest absolute Gasteiger partial charge is 0.384 e. The van der Waals surface area contributed by atoms with E-state index in [1.165, 1.54) is 18.9 Å². The van der Waals surface area contributed by atoms with Crippen LogP contribution in [-0.2, 0) is 0 Å². The van der Waals surface area contributed by atoms with Crippen molar-refractivity contribution in [1.82, 2.24) is 4.98 Å². The van der Waals surface area contributed by atoms with Gasteiger partial charge in [-0.05, 0) is 37.5 Å². The number of rotatable bonds is 4. The summed E-state index contributed by atoms with van der Waals surface area (Å²) in [4.78, 5) is 4.52. The predicted octanol–water partition coefficient (Wildman–Crippen LogP) is 4.84. The number of nitrogens with one attached hydrogen (secondary N) is 1. The maximum atomic E-state index is 14.0. The molecule has 0 bridgehead atoms. The van der Waals surface area contributed by atoms with Crippen molar-refractivity contribution in [2.45, 2.75) is 32.1 Å². The van der Waals surface area contributed by atoms with Gasteiger partial charge >= 0.3 is 0 Å². The van der Waals surface area contributed by atoms with Crippen LogP contribution in [0.5, 0.6) is 0 Å². The second-order valence-electron chi connectivity index (χ2n) is 5.05. The number of aromatic nitrogens is 1. The van der Waals surface area contributed by atoms with Crippen molar-refractivity contribution < 1.29 is 4.39 Å². The first-order valence-corrected chi connectivity index (χ1v) is 7.52. The van der Waals surface area contributed by atoms with Gasteiger partial charge in [0.1, 0.15) is 11.3 Å². The molecule has 0 amide bonds. The molecule has 0 saturated heterocycles. The maximum absolute atomic E-state index is 14.0. The normalized spacial score (nSPS) is 14.9. The van der Waals surface area contributed by atoms with E-state index < -0.39 is 0 Å². The van der Waals surface area contributed by atoms with E-state index in [1.54, 1.807) is 6.07 Å². The molecule has 0 aliphatic heterocycles. The molecule has 4 heteroatoms. The minimum atomic E-state index is -0.250. The highest BCUT2D eigenvalue weighted by Crippen LogP contribution is 2.42. The molecule has 1 aromatic carbocycles. The SMILES string of the molecule is CCCNc1cc(C2CC2)nc2c(F)ccc(Br)c12. The zero-order valence-corrected chi connectivity index (χ0v) is 12.4. The van der Waals surface area contributed by atoms with Gasteiger partial charge in [-0.25, -0.2) is 9.37 Å². The molecular formula is C15H16BrFN2. The third kappa shape index (κ3) is 2.46. The van der Waals surface area contributed by atoms with E-state index in [1.807, 2.05) is 0 Å². The molecule has 0 unspecified atom stereocenters. The highest BCUT2D eigenvalue weighted by molar-refractivity contribution is 9.10. The molecule has 1 N–H and O–H groups in total. The highest BCUT2D eigenvalue weighted by Gasteiger charge is 2.26. The van der Waals surface area contributed by atoms with E-state index in [-0.39, 0.29) is 5.82 Å². The van der Waals surface area contributed by atoms with Crippen LogP contribution < -0.4 is 5.32 Å². The number of hydrogen-bond acceptors (Lipinski definition) is 2. The number of fused-ring (bicyclic) bond motifs is 1. The van der Waals surface area contributed by atoms with Gasteiger partial charge in [0.05, 0.1) is 0 Å². The van der Waals surface area contributed by atoms with Crippen LogP contribution in [0, 0.1) is 5.82 Å². The number of halogens is 2. The summed E-state index contributed by atoms with van der Waals surface area (Å²) < 4.78 is 14.9.